The van der Waals surface area contributed by atoms with Gasteiger partial charge in [0.05, 0.1) is 0 Å². The van der Waals surface area contributed by atoms with Crippen LogP contribution in [-0.4, -0.2) is 26.0 Å². The maximum absolute atomic E-state index is 12.9. The molecule has 62 heavy (non-hydrogen) atoms. The number of anilines is 1. The third kappa shape index (κ3) is 11.0. The molecule has 0 amide bonds. The van der Waals surface area contributed by atoms with Crippen LogP contribution < -0.4 is 4.90 Å². The molecule has 2 aliphatic heterocycles. The van der Waals surface area contributed by atoms with Crippen molar-refractivity contribution in [2.45, 2.75) is 124 Å². The van der Waals surface area contributed by atoms with Gasteiger partial charge in [0, 0.05) is 57.9 Å². The van der Waals surface area contributed by atoms with E-state index in [1.807, 2.05) is 44.2 Å². The van der Waals surface area contributed by atoms with Crippen LogP contribution in [0.1, 0.15) is 98.1 Å². The Kier molecular flexibility index (Phi) is 14.5. The number of ketones is 1. The predicted octanol–water partition coefficient (Wildman–Crippen LogP) is 13.0. The SMILES string of the molecule is CC1(C)OC(=C(C#N)C#N)C(C#N)=C1/C=C/C1=C(C#C[Si](C)(C)C)C(=C/C=C2/N(CCCCCC(=O)Cc3ccc(N=[N+]=[N-])cc3)c3ccccc3C2(C)C)/CC(C(C)(C)C)C1. The van der Waals surface area contributed by atoms with E-state index < -0.39 is 13.7 Å². The first-order valence-electron chi connectivity index (χ1n) is 21.5. The maximum atomic E-state index is 12.9. The van der Waals surface area contributed by atoms with Crippen LogP contribution in [0.5, 0.6) is 0 Å². The van der Waals surface area contributed by atoms with Crippen LogP contribution in [0.3, 0.4) is 0 Å². The minimum absolute atomic E-state index is 0.00567. The van der Waals surface area contributed by atoms with Gasteiger partial charge in [-0.25, -0.2) is 0 Å². The number of rotatable bonds is 12. The monoisotopic (exact) mass is 841 g/mol. The van der Waals surface area contributed by atoms with Gasteiger partial charge in [-0.2, -0.15) is 15.8 Å². The molecule has 2 aromatic carbocycles. The molecule has 0 radical (unpaired) electrons. The highest BCUT2D eigenvalue weighted by molar-refractivity contribution is 6.83. The van der Waals surface area contributed by atoms with E-state index in [0.717, 1.165) is 55.4 Å². The topological polar surface area (TPSA) is 150 Å². The van der Waals surface area contributed by atoms with E-state index in [9.17, 15) is 20.6 Å². The van der Waals surface area contributed by atoms with Gasteiger partial charge in [-0.1, -0.05) is 132 Å². The zero-order valence-electron chi connectivity index (χ0n) is 38.1. The number of nitriles is 3. The van der Waals surface area contributed by atoms with Crippen molar-refractivity contribution < 1.29 is 9.53 Å². The summed E-state index contributed by atoms with van der Waals surface area (Å²) < 4.78 is 6.10. The number of carbonyl (C=O) groups is 1. The summed E-state index contributed by atoms with van der Waals surface area (Å²) in [5.41, 5.74) is 20.2. The average Bonchev–Trinajstić information content (AvgIpc) is 3.59. The number of carbonyl (C=O) groups excluding carboxylic acids is 1. The fraction of sp³-hybridized carbons (Fsp3) is 0.423. The Morgan fingerprint density at radius 1 is 0.952 bits per heavy atom. The number of benzene rings is 2. The summed E-state index contributed by atoms with van der Waals surface area (Å²) in [6.45, 7) is 22.7. The van der Waals surface area contributed by atoms with E-state index in [4.69, 9.17) is 10.3 Å². The summed E-state index contributed by atoms with van der Waals surface area (Å²) >= 11 is 0. The van der Waals surface area contributed by atoms with Crippen molar-refractivity contribution in [3.63, 3.8) is 0 Å². The van der Waals surface area contributed by atoms with Gasteiger partial charge in [-0.05, 0) is 90.8 Å². The van der Waals surface area contributed by atoms with Crippen molar-refractivity contribution >= 4 is 25.2 Å². The van der Waals surface area contributed by atoms with Gasteiger partial charge in [-0.3, -0.25) is 4.79 Å². The smallest absolute Gasteiger partial charge is 0.172 e. The fourth-order valence-electron chi connectivity index (χ4n) is 8.38. The molecule has 0 saturated carbocycles. The van der Waals surface area contributed by atoms with Gasteiger partial charge in [0.15, 0.2) is 11.3 Å². The number of nitrogens with zero attached hydrogens (tertiary/aromatic N) is 7. The molecule has 0 aromatic heterocycles. The predicted molar refractivity (Wildman–Crippen MR) is 251 cm³/mol. The minimum Gasteiger partial charge on any atom is -0.480 e. The lowest BCUT2D eigenvalue weighted by Gasteiger charge is -2.36. The molecule has 5 rings (SSSR count). The van der Waals surface area contributed by atoms with Crippen molar-refractivity contribution in [2.24, 2.45) is 16.4 Å². The maximum Gasteiger partial charge on any atom is 0.172 e. The highest BCUT2D eigenvalue weighted by atomic mass is 28.3. The van der Waals surface area contributed by atoms with Gasteiger partial charge >= 0.3 is 0 Å². The lowest BCUT2D eigenvalue weighted by Crippen LogP contribution is -2.27. The molecule has 2 aromatic rings. The van der Waals surface area contributed by atoms with Crippen LogP contribution in [0.2, 0.25) is 19.6 Å². The second-order valence-corrected chi connectivity index (χ2v) is 24.3. The summed E-state index contributed by atoms with van der Waals surface area (Å²) in [6, 6.07) is 21.8. The number of Topliss-reactive ketones (excluding diaryl/α,β-unsaturated/α-hetero) is 1. The summed E-state index contributed by atoms with van der Waals surface area (Å²) in [7, 11) is -1.80. The van der Waals surface area contributed by atoms with E-state index >= 15 is 0 Å². The number of hydrogen-bond donors (Lipinski definition) is 0. The number of para-hydroxylation sites is 1. The van der Waals surface area contributed by atoms with Crippen LogP contribution >= 0.6 is 0 Å². The zero-order chi connectivity index (χ0) is 45.5. The van der Waals surface area contributed by atoms with Crippen molar-refractivity contribution in [3.8, 4) is 29.7 Å². The molecule has 318 valence electrons. The van der Waals surface area contributed by atoms with Crippen molar-refractivity contribution in [1.82, 2.24) is 0 Å². The van der Waals surface area contributed by atoms with Gasteiger partial charge < -0.3 is 9.64 Å². The van der Waals surface area contributed by atoms with E-state index in [2.05, 4.69) is 129 Å². The molecule has 0 spiro atoms. The lowest BCUT2D eigenvalue weighted by atomic mass is 9.68. The molecule has 1 unspecified atom stereocenters. The molecular weight excluding hydrogens is 783 g/mol. The Hall–Kier alpha value is -6.29. The average molecular weight is 842 g/mol. The quantitative estimate of drug-likeness (QED) is 0.0395. The molecule has 3 aliphatic rings. The van der Waals surface area contributed by atoms with Crippen LogP contribution in [0, 0.1) is 56.8 Å². The summed E-state index contributed by atoms with van der Waals surface area (Å²) in [5.74, 6) is 4.23. The fourth-order valence-corrected chi connectivity index (χ4v) is 8.88. The zero-order valence-corrected chi connectivity index (χ0v) is 39.1. The molecule has 1 aliphatic carbocycles. The summed E-state index contributed by atoms with van der Waals surface area (Å²) in [5, 5.41) is 33.2. The molecule has 9 nitrogen and oxygen atoms in total. The molecule has 0 fully saturated rings. The third-order valence-corrected chi connectivity index (χ3v) is 12.8. The minimum atomic E-state index is -1.80. The van der Waals surface area contributed by atoms with E-state index in [1.54, 1.807) is 12.1 Å². The highest BCUT2D eigenvalue weighted by Gasteiger charge is 2.41. The standard InChI is InChI=1S/C52H59N7O2Si/c1-50(2,3)40-31-37(21-25-45-44(35-55)49(39(33-53)34-54)61-52(45,6)7)43(27-29-62(8,9)10)38(32-40)22-26-48-51(4,5)46-17-13-14-18-47(46)59(48)28-15-11-12-16-42(60)30-36-19-23-41(24-20-36)57-58-56/h13-14,17-26,40H,11-12,15-16,28,30-32H2,1-10H3/b25-21+,38-22+,48-26+. The molecule has 0 saturated heterocycles. The first-order chi connectivity index (χ1) is 29.2. The van der Waals surface area contributed by atoms with Crippen LogP contribution in [0.25, 0.3) is 10.4 Å². The largest absolute Gasteiger partial charge is 0.480 e. The van der Waals surface area contributed by atoms with E-state index in [0.29, 0.717) is 30.0 Å². The number of hydrogen-bond acceptors (Lipinski definition) is 7. The van der Waals surface area contributed by atoms with Crippen molar-refractivity contribution in [1.29, 1.82) is 15.8 Å². The first-order valence-corrected chi connectivity index (χ1v) is 25.0. The molecule has 10 heteroatoms. The second kappa shape index (κ2) is 19.2. The second-order valence-electron chi connectivity index (χ2n) is 19.6. The Labute approximate surface area is 370 Å². The summed E-state index contributed by atoms with van der Waals surface area (Å²) in [4.78, 5) is 18.2. The molecule has 0 N–H and O–H groups in total. The first kappa shape index (κ1) is 46.8. The molecule has 2 heterocycles. The number of unbranched alkanes of at least 4 members (excludes halogenated alkanes) is 2. The molecule has 1 atom stereocenters. The Balaban J connectivity index is 1.50. The number of fused-ring (bicyclic) bond motifs is 1. The van der Waals surface area contributed by atoms with Gasteiger partial charge in [-0.15, -0.1) is 5.54 Å². The van der Waals surface area contributed by atoms with E-state index in [1.165, 1.54) is 22.5 Å². The molecule has 0 bridgehead atoms. The van der Waals surface area contributed by atoms with Crippen molar-refractivity contribution in [2.75, 3.05) is 11.4 Å². The highest BCUT2D eigenvalue weighted by Crippen LogP contribution is 2.49. The van der Waals surface area contributed by atoms with Crippen LogP contribution in [-0.2, 0) is 21.4 Å². The van der Waals surface area contributed by atoms with Gasteiger partial charge in [0.1, 0.15) is 43.2 Å². The van der Waals surface area contributed by atoms with Crippen LogP contribution in [0.4, 0.5) is 11.4 Å². The lowest BCUT2D eigenvalue weighted by molar-refractivity contribution is -0.118. The van der Waals surface area contributed by atoms with Gasteiger partial charge in [0.2, 0.25) is 0 Å². The third-order valence-electron chi connectivity index (χ3n) is 12.0. The molecular formula is C52H59N7O2Si. The Bertz CT molecular complexity index is 2510. The summed E-state index contributed by atoms with van der Waals surface area (Å²) in [6.07, 6.45) is 13.8. The number of ether oxygens (including phenoxy) is 1. The number of allylic oxidation sites excluding steroid dienone is 9. The van der Waals surface area contributed by atoms with Crippen LogP contribution in [0.15, 0.2) is 123 Å². The normalized spacial score (nSPS) is 19.3. The van der Waals surface area contributed by atoms with E-state index in [-0.39, 0.29) is 33.5 Å². The Morgan fingerprint density at radius 3 is 2.27 bits per heavy atom. The number of azide groups is 1. The van der Waals surface area contributed by atoms with Gasteiger partial charge in [0.25, 0.3) is 0 Å². The Morgan fingerprint density at radius 2 is 1.65 bits per heavy atom. The van der Waals surface area contributed by atoms with Crippen molar-refractivity contribution in [3.05, 3.63) is 139 Å².